The predicted octanol–water partition coefficient (Wildman–Crippen LogP) is 21.8. The Hall–Kier alpha value is -8.97. The van der Waals surface area contributed by atoms with E-state index in [0.29, 0.717) is 5.02 Å². The average molecular weight is 1040 g/mol. The quantitative estimate of drug-likeness (QED) is 0.136. The van der Waals surface area contributed by atoms with Gasteiger partial charge in [-0.2, -0.15) is 0 Å². The lowest BCUT2D eigenvalue weighted by Gasteiger charge is -2.33. The van der Waals surface area contributed by atoms with Crippen LogP contribution in [0.1, 0.15) is 58.2 Å². The number of halogens is 1. The molecule has 4 heterocycles. The van der Waals surface area contributed by atoms with Gasteiger partial charge in [0, 0.05) is 66.5 Å². The number of rotatable bonds is 10. The number of hydrogen-bond acceptors (Lipinski definition) is 6. The lowest BCUT2D eigenvalue weighted by molar-refractivity contribution is 0.590. The third kappa shape index (κ3) is 9.12. The number of furan rings is 4. The Labute approximate surface area is 459 Å². The van der Waals surface area contributed by atoms with Gasteiger partial charge in [0.1, 0.15) is 45.4 Å². The number of nitrogens with zero attached hydrogens (tertiary/aromatic N) is 2. The summed E-state index contributed by atoms with van der Waals surface area (Å²) in [6.45, 7) is 15.6. The standard InChI is InChI=1S/C71H57ClN2O4/c1-44-32-59(73(55-28-24-53(25-29-55)70(2,3)4)57-36-49(65-40-45-16-8-12-20-61(45)75-65)34-50(37-57)66-41-46-17-9-13-21-62(46)76-66)69(72)60(33-44)74(56-30-26-54(27-31-56)71(5,6)7)58-38-51(67-42-47-18-10-14-22-63(47)77-67)35-52(39-58)68-43-48-19-11-15-23-64(48)78-68/h8-43H,1-7H3. The number of fused-ring (bicyclic) bond motifs is 4. The number of hydrogen-bond donors (Lipinski definition) is 0. The molecule has 0 spiro atoms. The highest BCUT2D eigenvalue weighted by Gasteiger charge is 2.28. The summed E-state index contributed by atoms with van der Waals surface area (Å²) in [5.41, 5.74) is 15.3. The van der Waals surface area contributed by atoms with Gasteiger partial charge in [-0.1, -0.05) is 150 Å². The fraction of sp³-hybridized carbons (Fsp3) is 0.127. The Morgan fingerprint density at radius 3 is 0.872 bits per heavy atom. The molecule has 0 amide bonds. The van der Waals surface area contributed by atoms with Gasteiger partial charge in [-0.25, -0.2) is 0 Å². The van der Waals surface area contributed by atoms with Crippen LogP contribution in [-0.2, 0) is 10.8 Å². The van der Waals surface area contributed by atoms with Crippen LogP contribution in [-0.4, -0.2) is 0 Å². The smallest absolute Gasteiger partial charge is 0.135 e. The van der Waals surface area contributed by atoms with Gasteiger partial charge in [0.15, 0.2) is 0 Å². The third-order valence-corrected chi connectivity index (χ3v) is 15.2. The number of para-hydroxylation sites is 4. The van der Waals surface area contributed by atoms with Gasteiger partial charge < -0.3 is 27.5 Å². The van der Waals surface area contributed by atoms with Gasteiger partial charge in [-0.05, 0) is 156 Å². The highest BCUT2D eigenvalue weighted by Crippen LogP contribution is 2.51. The van der Waals surface area contributed by atoms with Crippen molar-refractivity contribution in [1.29, 1.82) is 0 Å². The van der Waals surface area contributed by atoms with Crippen LogP contribution < -0.4 is 9.80 Å². The summed E-state index contributed by atoms with van der Waals surface area (Å²) in [7, 11) is 0. The molecule has 13 aromatic rings. The maximum Gasteiger partial charge on any atom is 0.135 e. The van der Waals surface area contributed by atoms with Crippen molar-refractivity contribution in [2.24, 2.45) is 0 Å². The summed E-state index contributed by atoms with van der Waals surface area (Å²) >= 11 is 8.26. The van der Waals surface area contributed by atoms with Crippen molar-refractivity contribution in [3.05, 3.63) is 240 Å². The van der Waals surface area contributed by atoms with E-state index < -0.39 is 0 Å². The van der Waals surface area contributed by atoms with Gasteiger partial charge in [0.05, 0.1) is 16.4 Å². The van der Waals surface area contributed by atoms with E-state index in [1.54, 1.807) is 0 Å². The van der Waals surface area contributed by atoms with Crippen molar-refractivity contribution < 1.29 is 17.7 Å². The molecule has 4 aromatic heterocycles. The minimum atomic E-state index is -0.0750. The molecule has 7 heteroatoms. The lowest BCUT2D eigenvalue weighted by Crippen LogP contribution is -2.16. The lowest BCUT2D eigenvalue weighted by atomic mass is 9.87. The van der Waals surface area contributed by atoms with E-state index in [2.05, 4.69) is 204 Å². The maximum absolute atomic E-state index is 8.26. The fourth-order valence-corrected chi connectivity index (χ4v) is 11.0. The Bertz CT molecular complexity index is 3790. The van der Waals surface area contributed by atoms with E-state index in [9.17, 15) is 0 Å². The second kappa shape index (κ2) is 18.9. The summed E-state index contributed by atoms with van der Waals surface area (Å²) < 4.78 is 26.6. The van der Waals surface area contributed by atoms with Crippen LogP contribution in [0.3, 0.4) is 0 Å². The number of benzene rings is 9. The molecule has 0 unspecified atom stereocenters. The minimum absolute atomic E-state index is 0.0750. The summed E-state index contributed by atoms with van der Waals surface area (Å²) in [5, 5.41) is 4.62. The molecule has 9 aromatic carbocycles. The molecule has 6 nitrogen and oxygen atoms in total. The van der Waals surface area contributed by atoms with Crippen LogP contribution in [0.25, 0.3) is 89.2 Å². The second-order valence-electron chi connectivity index (χ2n) is 22.5. The summed E-state index contributed by atoms with van der Waals surface area (Å²) in [4.78, 5) is 4.55. The van der Waals surface area contributed by atoms with Crippen molar-refractivity contribution >= 4 is 89.6 Å². The van der Waals surface area contributed by atoms with E-state index in [-0.39, 0.29) is 10.8 Å². The first kappa shape index (κ1) is 48.7. The zero-order valence-electron chi connectivity index (χ0n) is 44.7. The molecule has 0 saturated heterocycles. The first-order valence-corrected chi connectivity index (χ1v) is 26.9. The molecule has 0 fully saturated rings. The van der Waals surface area contributed by atoms with E-state index >= 15 is 0 Å². The molecule has 0 atom stereocenters. The van der Waals surface area contributed by atoms with Gasteiger partial charge in [0.2, 0.25) is 0 Å². The van der Waals surface area contributed by atoms with Crippen molar-refractivity contribution in [2.45, 2.75) is 59.3 Å². The molecular weight excluding hydrogens is 980 g/mol. The molecule has 78 heavy (non-hydrogen) atoms. The van der Waals surface area contributed by atoms with E-state index in [0.717, 1.165) is 129 Å². The van der Waals surface area contributed by atoms with Crippen molar-refractivity contribution in [1.82, 2.24) is 0 Å². The highest BCUT2D eigenvalue weighted by molar-refractivity contribution is 6.37. The largest absolute Gasteiger partial charge is 0.456 e. The fourth-order valence-electron chi connectivity index (χ4n) is 10.7. The van der Waals surface area contributed by atoms with Gasteiger partial charge in [0.25, 0.3) is 0 Å². The number of anilines is 6. The van der Waals surface area contributed by atoms with Crippen LogP contribution in [0.4, 0.5) is 34.1 Å². The van der Waals surface area contributed by atoms with E-state index in [1.807, 2.05) is 72.8 Å². The summed E-state index contributed by atoms with van der Waals surface area (Å²) in [6.07, 6.45) is 0. The first-order valence-electron chi connectivity index (χ1n) is 26.5. The Balaban J connectivity index is 1.06. The molecule has 0 aliphatic rings. The molecule has 0 radical (unpaired) electrons. The predicted molar refractivity (Wildman–Crippen MR) is 324 cm³/mol. The number of aryl methyl sites for hydroxylation is 1. The Kier molecular flexibility index (Phi) is 11.8. The molecule has 0 aliphatic heterocycles. The monoisotopic (exact) mass is 1040 g/mol. The SMILES string of the molecule is Cc1cc(N(c2ccc(C(C)(C)C)cc2)c2cc(-c3cc4ccccc4o3)cc(-c3cc4ccccc4o3)c2)c(Cl)c(N(c2ccc(C(C)(C)C)cc2)c2cc(-c3cc4ccccc4o3)cc(-c3cc4ccccc4o3)c2)c1. The van der Waals surface area contributed by atoms with Gasteiger partial charge in [-0.15, -0.1) is 0 Å². The second-order valence-corrected chi connectivity index (χ2v) is 22.9. The molecule has 0 bridgehead atoms. The van der Waals surface area contributed by atoms with E-state index in [4.69, 9.17) is 29.3 Å². The van der Waals surface area contributed by atoms with Crippen LogP contribution in [0.5, 0.6) is 0 Å². The molecule has 13 rings (SSSR count). The Morgan fingerprint density at radius 2 is 0.603 bits per heavy atom. The summed E-state index contributed by atoms with van der Waals surface area (Å²) in [6, 6.07) is 76.1. The molecule has 382 valence electrons. The van der Waals surface area contributed by atoms with Gasteiger partial charge in [-0.3, -0.25) is 0 Å². The van der Waals surface area contributed by atoms with Crippen LogP contribution in [0.15, 0.2) is 236 Å². The Morgan fingerprint density at radius 1 is 0.321 bits per heavy atom. The van der Waals surface area contributed by atoms with Crippen molar-refractivity contribution in [2.75, 3.05) is 9.80 Å². The molecular formula is C71H57ClN2O4. The van der Waals surface area contributed by atoms with E-state index in [1.165, 1.54) is 11.1 Å². The zero-order valence-corrected chi connectivity index (χ0v) is 45.4. The topological polar surface area (TPSA) is 59.0 Å². The minimum Gasteiger partial charge on any atom is -0.456 e. The van der Waals surface area contributed by atoms with Crippen LogP contribution in [0.2, 0.25) is 5.02 Å². The van der Waals surface area contributed by atoms with Crippen molar-refractivity contribution in [3.63, 3.8) is 0 Å². The average Bonchev–Trinajstić information content (AvgIpc) is 4.35. The summed E-state index contributed by atoms with van der Waals surface area (Å²) in [5.74, 6) is 2.96. The molecule has 0 N–H and O–H groups in total. The molecule has 0 saturated carbocycles. The zero-order chi connectivity index (χ0) is 53.5. The maximum atomic E-state index is 8.26. The van der Waals surface area contributed by atoms with Crippen molar-refractivity contribution in [3.8, 4) is 45.3 Å². The normalized spacial score (nSPS) is 12.1. The highest BCUT2D eigenvalue weighted by atomic mass is 35.5. The van der Waals surface area contributed by atoms with Crippen LogP contribution in [0, 0.1) is 6.92 Å². The third-order valence-electron chi connectivity index (χ3n) is 14.8. The first-order chi connectivity index (χ1) is 37.7. The van der Waals surface area contributed by atoms with Gasteiger partial charge >= 0.3 is 0 Å². The van der Waals surface area contributed by atoms with Crippen LogP contribution >= 0.6 is 11.6 Å². The molecule has 0 aliphatic carbocycles.